The van der Waals surface area contributed by atoms with Gasteiger partial charge in [-0.3, -0.25) is 14.5 Å². The van der Waals surface area contributed by atoms with E-state index in [9.17, 15) is 9.59 Å². The summed E-state index contributed by atoms with van der Waals surface area (Å²) in [7, 11) is 3.90. The van der Waals surface area contributed by atoms with Gasteiger partial charge in [0.2, 0.25) is 0 Å². The Morgan fingerprint density at radius 2 is 1.67 bits per heavy atom. The van der Waals surface area contributed by atoms with Crippen LogP contribution in [-0.4, -0.2) is 39.8 Å². The Morgan fingerprint density at radius 1 is 0.909 bits per heavy atom. The number of benzene rings is 2. The number of nitrogens with zero attached hydrogens (tertiary/aromatic N) is 3. The molecular formula is C27H25N3O2S. The molecule has 2 amide bonds. The lowest BCUT2D eigenvalue weighted by Gasteiger charge is -2.21. The maximum Gasteiger partial charge on any atom is 0.277 e. The molecule has 0 spiro atoms. The van der Waals surface area contributed by atoms with E-state index in [0.717, 1.165) is 26.9 Å². The van der Waals surface area contributed by atoms with Gasteiger partial charge in [-0.1, -0.05) is 54.6 Å². The highest BCUT2D eigenvalue weighted by Crippen LogP contribution is 2.34. The van der Waals surface area contributed by atoms with Crippen LogP contribution in [0, 0.1) is 0 Å². The van der Waals surface area contributed by atoms with Gasteiger partial charge in [-0.25, -0.2) is 0 Å². The number of likely N-dealkylation sites (N-methyl/N-ethyl adjacent to an activating group) is 1. The zero-order chi connectivity index (χ0) is 22.9. The van der Waals surface area contributed by atoms with Crippen LogP contribution in [0.5, 0.6) is 0 Å². The predicted octanol–water partition coefficient (Wildman–Crippen LogP) is 4.69. The Labute approximate surface area is 197 Å². The number of carbonyl (C=O) groups excluding carboxylic acids is 2. The molecule has 0 fully saturated rings. The van der Waals surface area contributed by atoms with Gasteiger partial charge in [-0.15, -0.1) is 11.3 Å². The first kappa shape index (κ1) is 21.2. The Balaban J connectivity index is 1.43. The molecule has 2 aromatic heterocycles. The third-order valence-corrected chi connectivity index (χ3v) is 7.03. The second-order valence-electron chi connectivity index (χ2n) is 8.34. The second kappa shape index (κ2) is 8.71. The van der Waals surface area contributed by atoms with Gasteiger partial charge in [0.15, 0.2) is 0 Å². The fourth-order valence-corrected chi connectivity index (χ4v) is 5.32. The third kappa shape index (κ3) is 3.87. The maximum absolute atomic E-state index is 13.5. The van der Waals surface area contributed by atoms with Crippen molar-refractivity contribution in [1.29, 1.82) is 0 Å². The van der Waals surface area contributed by atoms with Crippen LogP contribution in [0.1, 0.15) is 16.0 Å². The molecule has 0 aliphatic carbocycles. The molecule has 0 saturated carbocycles. The largest absolute Gasteiger partial charge is 0.365 e. The average molecular weight is 456 g/mol. The van der Waals surface area contributed by atoms with Crippen molar-refractivity contribution in [1.82, 2.24) is 14.4 Å². The summed E-state index contributed by atoms with van der Waals surface area (Å²) < 4.78 is 2.09. The molecular weight excluding hydrogens is 430 g/mol. The number of aromatic nitrogens is 1. The summed E-state index contributed by atoms with van der Waals surface area (Å²) in [5.74, 6) is -0.431. The molecule has 0 saturated heterocycles. The van der Waals surface area contributed by atoms with Gasteiger partial charge < -0.3 is 9.47 Å². The molecule has 4 aromatic rings. The van der Waals surface area contributed by atoms with E-state index in [0.29, 0.717) is 30.8 Å². The van der Waals surface area contributed by atoms with Crippen LogP contribution in [-0.2, 0) is 29.6 Å². The van der Waals surface area contributed by atoms with Crippen LogP contribution < -0.4 is 0 Å². The number of fused-ring (bicyclic) bond motifs is 1. The number of amides is 2. The zero-order valence-electron chi connectivity index (χ0n) is 18.7. The number of thiophene rings is 1. The van der Waals surface area contributed by atoms with Crippen LogP contribution in [0.25, 0.3) is 16.5 Å². The quantitative estimate of drug-likeness (QED) is 0.380. The lowest BCUT2D eigenvalue weighted by Crippen LogP contribution is -2.35. The van der Waals surface area contributed by atoms with E-state index in [1.54, 1.807) is 0 Å². The fourth-order valence-electron chi connectivity index (χ4n) is 4.56. The van der Waals surface area contributed by atoms with Crippen molar-refractivity contribution in [2.24, 2.45) is 7.05 Å². The lowest BCUT2D eigenvalue weighted by atomic mass is 10.1. The van der Waals surface area contributed by atoms with Gasteiger partial charge in [0, 0.05) is 49.2 Å². The van der Waals surface area contributed by atoms with Gasteiger partial charge >= 0.3 is 0 Å². The Morgan fingerprint density at radius 3 is 2.42 bits per heavy atom. The van der Waals surface area contributed by atoms with E-state index in [1.165, 1.54) is 16.2 Å². The highest BCUT2D eigenvalue weighted by Gasteiger charge is 2.41. The topological polar surface area (TPSA) is 45.6 Å². The SMILES string of the molecule is CN(Cc1ccccc1)C1=C(c2cccs2)C(=O)N(CCc2cn(C)c3ccccc23)C1=O. The number of imide groups is 1. The molecule has 0 N–H and O–H groups in total. The van der Waals surface area contributed by atoms with E-state index in [2.05, 4.69) is 22.9 Å². The number of hydrogen-bond donors (Lipinski definition) is 0. The molecule has 6 heteroatoms. The van der Waals surface area contributed by atoms with Gasteiger partial charge in [-0.05, 0) is 35.1 Å². The van der Waals surface area contributed by atoms with Gasteiger partial charge in [0.1, 0.15) is 5.70 Å². The third-order valence-electron chi connectivity index (χ3n) is 6.14. The van der Waals surface area contributed by atoms with Crippen molar-refractivity contribution in [2.75, 3.05) is 13.6 Å². The van der Waals surface area contributed by atoms with E-state index >= 15 is 0 Å². The number of aryl methyl sites for hydroxylation is 1. The minimum atomic E-state index is -0.220. The number of carbonyl (C=O) groups is 2. The number of hydrogen-bond acceptors (Lipinski definition) is 4. The summed E-state index contributed by atoms with van der Waals surface area (Å²) in [4.78, 5) is 31.2. The Hall–Kier alpha value is -3.64. The maximum atomic E-state index is 13.5. The summed E-state index contributed by atoms with van der Waals surface area (Å²) in [6.45, 7) is 0.907. The molecule has 0 unspecified atom stereocenters. The summed E-state index contributed by atoms with van der Waals surface area (Å²) >= 11 is 1.49. The van der Waals surface area contributed by atoms with Crippen molar-refractivity contribution in [3.8, 4) is 0 Å². The molecule has 3 heterocycles. The molecule has 0 radical (unpaired) electrons. The first-order chi connectivity index (χ1) is 16.0. The normalized spacial score (nSPS) is 14.1. The molecule has 0 bridgehead atoms. The van der Waals surface area contributed by atoms with Crippen molar-refractivity contribution in [3.63, 3.8) is 0 Å². The minimum Gasteiger partial charge on any atom is -0.365 e. The predicted molar refractivity (Wildman–Crippen MR) is 132 cm³/mol. The van der Waals surface area contributed by atoms with Crippen LogP contribution in [0.4, 0.5) is 0 Å². The van der Waals surface area contributed by atoms with Crippen molar-refractivity contribution in [3.05, 3.63) is 100 Å². The van der Waals surface area contributed by atoms with E-state index in [4.69, 9.17) is 0 Å². The first-order valence-electron chi connectivity index (χ1n) is 11.0. The fraction of sp³-hybridized carbons (Fsp3) is 0.185. The van der Waals surface area contributed by atoms with Crippen molar-refractivity contribution >= 4 is 39.6 Å². The summed E-state index contributed by atoms with van der Waals surface area (Å²) in [5.41, 5.74) is 4.35. The molecule has 2 aromatic carbocycles. The number of para-hydroxylation sites is 1. The molecule has 5 rings (SSSR count). The molecule has 166 valence electrons. The Kier molecular flexibility index (Phi) is 5.60. The van der Waals surface area contributed by atoms with Crippen molar-refractivity contribution < 1.29 is 9.59 Å². The minimum absolute atomic E-state index is 0.211. The zero-order valence-corrected chi connectivity index (χ0v) is 19.5. The van der Waals surface area contributed by atoms with Crippen LogP contribution in [0.3, 0.4) is 0 Å². The van der Waals surface area contributed by atoms with Crippen LogP contribution in [0.15, 0.2) is 84.0 Å². The number of rotatable bonds is 7. The summed E-state index contributed by atoms with van der Waals surface area (Å²) in [6.07, 6.45) is 2.71. The van der Waals surface area contributed by atoms with Gasteiger partial charge in [0.05, 0.1) is 5.57 Å². The smallest absolute Gasteiger partial charge is 0.277 e. The Bertz CT molecular complexity index is 1350. The molecule has 1 aliphatic heterocycles. The van der Waals surface area contributed by atoms with E-state index in [1.807, 2.05) is 79.0 Å². The summed E-state index contributed by atoms with van der Waals surface area (Å²) in [5, 5.41) is 3.10. The van der Waals surface area contributed by atoms with Gasteiger partial charge in [0.25, 0.3) is 11.8 Å². The first-order valence-corrected chi connectivity index (χ1v) is 11.8. The summed E-state index contributed by atoms with van der Waals surface area (Å²) in [6, 6.07) is 22.0. The highest BCUT2D eigenvalue weighted by molar-refractivity contribution is 7.11. The van der Waals surface area contributed by atoms with E-state index in [-0.39, 0.29) is 11.8 Å². The van der Waals surface area contributed by atoms with Crippen LogP contribution >= 0.6 is 11.3 Å². The monoisotopic (exact) mass is 455 g/mol. The molecule has 1 aliphatic rings. The van der Waals surface area contributed by atoms with Crippen molar-refractivity contribution in [2.45, 2.75) is 13.0 Å². The average Bonchev–Trinajstić information content (AvgIpc) is 3.51. The molecule has 33 heavy (non-hydrogen) atoms. The standard InChI is InChI=1S/C27H25N3O2S/c1-28-18-20(21-11-6-7-12-22(21)28)14-15-30-26(31)24(23-13-8-16-33-23)25(27(30)32)29(2)17-19-9-4-3-5-10-19/h3-13,16,18H,14-15,17H2,1-2H3. The van der Waals surface area contributed by atoms with Crippen LogP contribution in [0.2, 0.25) is 0 Å². The van der Waals surface area contributed by atoms with E-state index < -0.39 is 0 Å². The molecule has 5 nitrogen and oxygen atoms in total. The highest BCUT2D eigenvalue weighted by atomic mass is 32.1. The second-order valence-corrected chi connectivity index (χ2v) is 9.28. The molecule has 0 atom stereocenters. The lowest BCUT2D eigenvalue weighted by molar-refractivity contribution is -0.137. The van der Waals surface area contributed by atoms with Gasteiger partial charge in [-0.2, -0.15) is 0 Å².